The predicted octanol–water partition coefficient (Wildman–Crippen LogP) is 2.33. The van der Waals surface area contributed by atoms with Crippen molar-refractivity contribution in [2.75, 3.05) is 50.0 Å². The van der Waals surface area contributed by atoms with E-state index in [1.54, 1.807) is 34.0 Å². The first-order valence-electron chi connectivity index (χ1n) is 12.7. The van der Waals surface area contributed by atoms with E-state index in [1.807, 2.05) is 27.2 Å². The summed E-state index contributed by atoms with van der Waals surface area (Å²) in [6, 6.07) is 1.80. The first-order chi connectivity index (χ1) is 18.4. The first-order valence-corrected chi connectivity index (χ1v) is 12.7. The highest BCUT2D eigenvalue weighted by molar-refractivity contribution is 5.96. The summed E-state index contributed by atoms with van der Waals surface area (Å²) < 4.78 is 8.93. The summed E-state index contributed by atoms with van der Waals surface area (Å²) in [6.45, 7) is 7.12. The summed E-state index contributed by atoms with van der Waals surface area (Å²) in [5, 5.41) is 19.0. The van der Waals surface area contributed by atoms with Crippen LogP contribution in [0, 0.1) is 18.8 Å². The van der Waals surface area contributed by atoms with Gasteiger partial charge in [0.15, 0.2) is 11.5 Å². The third-order valence-electron chi connectivity index (χ3n) is 7.17. The summed E-state index contributed by atoms with van der Waals surface area (Å²) >= 11 is 0. The molecule has 2 aliphatic rings. The molecule has 38 heavy (non-hydrogen) atoms. The largest absolute Gasteiger partial charge is 0.381 e. The van der Waals surface area contributed by atoms with Crippen molar-refractivity contribution < 1.29 is 13.8 Å². The van der Waals surface area contributed by atoms with Gasteiger partial charge in [-0.1, -0.05) is 0 Å². The fourth-order valence-electron chi connectivity index (χ4n) is 5.11. The topological polar surface area (TPSA) is 140 Å². The molecule has 2 atom stereocenters. The minimum Gasteiger partial charge on any atom is -0.381 e. The van der Waals surface area contributed by atoms with E-state index in [4.69, 9.17) is 4.74 Å². The summed E-state index contributed by atoms with van der Waals surface area (Å²) in [7, 11) is 3.67. The van der Waals surface area contributed by atoms with Gasteiger partial charge >= 0.3 is 0 Å². The van der Waals surface area contributed by atoms with Gasteiger partial charge in [0.1, 0.15) is 0 Å². The molecule has 2 aliphatic heterocycles. The standard InChI is InChI=1S/C25H31N11O2.3H2/c1-15-21(6-16(7-27-15)24(37)26-4-5-36-10-17-13-38-14-18(17)11-36)31-22-20-9-28-25(32-23(20)35(3)33-22)30-19-8-29-34(2)12-19;;;/h6-9,12,17-18H,4-5,10-11,13-14H2,1-3H3,(H,26,37)(H,31,33)(H,28,30,32);3*1H. The number of nitrogens with one attached hydrogen (secondary N) is 3. The average Bonchev–Trinajstić information content (AvgIpc) is 3.66. The lowest BCUT2D eigenvalue weighted by Crippen LogP contribution is -2.34. The molecule has 6 rings (SSSR count). The predicted molar refractivity (Wildman–Crippen MR) is 148 cm³/mol. The minimum absolute atomic E-state index is 0. The van der Waals surface area contributed by atoms with Crippen LogP contribution in [0.25, 0.3) is 11.0 Å². The second-order valence-electron chi connectivity index (χ2n) is 9.99. The van der Waals surface area contributed by atoms with Crippen molar-refractivity contribution in [3.8, 4) is 0 Å². The third-order valence-corrected chi connectivity index (χ3v) is 7.17. The number of rotatable bonds is 8. The van der Waals surface area contributed by atoms with Crippen molar-refractivity contribution in [1.82, 2.24) is 44.7 Å². The van der Waals surface area contributed by atoms with Gasteiger partial charge in [-0.2, -0.15) is 15.2 Å². The Kier molecular flexibility index (Phi) is 6.37. The van der Waals surface area contributed by atoms with Gasteiger partial charge in [0, 0.05) is 75.0 Å². The van der Waals surface area contributed by atoms with E-state index in [0.29, 0.717) is 47.0 Å². The van der Waals surface area contributed by atoms with Gasteiger partial charge in [0.05, 0.1) is 47.4 Å². The Bertz CT molecular complexity index is 1480. The van der Waals surface area contributed by atoms with Gasteiger partial charge in [0.2, 0.25) is 5.95 Å². The Labute approximate surface area is 224 Å². The second kappa shape index (κ2) is 9.99. The SMILES string of the molecule is Cc1ncc(C(=O)NCCN2CC3COCC3C2)cc1Nc1nn(C)c2nc(Nc3cnn(C)c3)ncc12.[HH].[HH].[HH]. The summed E-state index contributed by atoms with van der Waals surface area (Å²) in [5.74, 6) is 2.16. The Morgan fingerprint density at radius 2 is 1.95 bits per heavy atom. The van der Waals surface area contributed by atoms with Gasteiger partial charge < -0.3 is 25.6 Å². The molecule has 1 amide bonds. The Hall–Kier alpha value is -4.10. The van der Waals surface area contributed by atoms with Crippen molar-refractivity contribution >= 4 is 40.1 Å². The Morgan fingerprint density at radius 1 is 1.13 bits per heavy atom. The van der Waals surface area contributed by atoms with Crippen molar-refractivity contribution in [3.05, 3.63) is 42.1 Å². The molecule has 0 aliphatic carbocycles. The molecule has 13 heteroatoms. The van der Waals surface area contributed by atoms with Gasteiger partial charge in [0.25, 0.3) is 5.91 Å². The summed E-state index contributed by atoms with van der Waals surface area (Å²) in [4.78, 5) is 28.8. The van der Waals surface area contributed by atoms with Crippen molar-refractivity contribution in [3.63, 3.8) is 0 Å². The number of pyridine rings is 1. The van der Waals surface area contributed by atoms with E-state index in [1.165, 1.54) is 0 Å². The number of nitrogens with zero attached hydrogens (tertiary/aromatic N) is 8. The van der Waals surface area contributed by atoms with Crippen LogP contribution in [-0.2, 0) is 18.8 Å². The van der Waals surface area contributed by atoms with Crippen LogP contribution >= 0.6 is 0 Å². The van der Waals surface area contributed by atoms with Crippen LogP contribution in [-0.4, -0.2) is 84.7 Å². The molecule has 0 radical (unpaired) electrons. The quantitative estimate of drug-likeness (QED) is 0.315. The minimum atomic E-state index is -0.149. The second-order valence-corrected chi connectivity index (χ2v) is 9.99. The number of amides is 1. The monoisotopic (exact) mass is 523 g/mol. The maximum absolute atomic E-state index is 12.9. The lowest BCUT2D eigenvalue weighted by Gasteiger charge is -2.17. The molecule has 0 bridgehead atoms. The highest BCUT2D eigenvalue weighted by Gasteiger charge is 2.36. The Morgan fingerprint density at radius 3 is 2.71 bits per heavy atom. The van der Waals surface area contributed by atoms with Crippen molar-refractivity contribution in [2.45, 2.75) is 6.92 Å². The number of hydrogen-bond donors (Lipinski definition) is 3. The maximum Gasteiger partial charge on any atom is 0.252 e. The highest BCUT2D eigenvalue weighted by Crippen LogP contribution is 2.29. The zero-order chi connectivity index (χ0) is 26.2. The number of carbonyl (C=O) groups excluding carboxylic acids is 1. The molecule has 0 saturated carbocycles. The molecule has 4 aromatic rings. The smallest absolute Gasteiger partial charge is 0.252 e. The molecule has 13 nitrogen and oxygen atoms in total. The van der Waals surface area contributed by atoms with Crippen LogP contribution in [0.4, 0.5) is 23.1 Å². The fraction of sp³-hybridized carbons (Fsp3) is 0.440. The van der Waals surface area contributed by atoms with Crippen LogP contribution in [0.2, 0.25) is 0 Å². The van der Waals surface area contributed by atoms with Gasteiger partial charge in [-0.15, -0.1) is 0 Å². The molecule has 0 aromatic carbocycles. The van der Waals surface area contributed by atoms with Crippen LogP contribution < -0.4 is 16.0 Å². The summed E-state index contributed by atoms with van der Waals surface area (Å²) in [6.07, 6.45) is 6.86. The molecule has 3 N–H and O–H groups in total. The molecule has 6 heterocycles. The van der Waals surface area contributed by atoms with Crippen LogP contribution in [0.3, 0.4) is 0 Å². The molecule has 4 aromatic heterocycles. The van der Waals surface area contributed by atoms with E-state index in [9.17, 15) is 4.79 Å². The molecular formula is C25H37N11O2. The van der Waals surface area contributed by atoms with Crippen LogP contribution in [0.5, 0.6) is 0 Å². The fourth-order valence-corrected chi connectivity index (χ4v) is 5.11. The van der Waals surface area contributed by atoms with E-state index in [-0.39, 0.29) is 10.2 Å². The molecule has 0 spiro atoms. The normalized spacial score (nSPS) is 19.1. The molecule has 2 saturated heterocycles. The number of aromatic nitrogens is 7. The van der Waals surface area contributed by atoms with E-state index in [2.05, 4.69) is 46.0 Å². The van der Waals surface area contributed by atoms with Gasteiger partial charge in [-0.25, -0.2) is 9.67 Å². The number of likely N-dealkylation sites (tertiary alicyclic amines) is 1. The van der Waals surface area contributed by atoms with E-state index in [0.717, 1.165) is 49.6 Å². The average molecular weight is 524 g/mol. The van der Waals surface area contributed by atoms with Crippen molar-refractivity contribution in [1.29, 1.82) is 0 Å². The maximum atomic E-state index is 12.9. The number of hydrogen-bond acceptors (Lipinski definition) is 10. The molecule has 2 fully saturated rings. The third kappa shape index (κ3) is 4.89. The van der Waals surface area contributed by atoms with E-state index < -0.39 is 0 Å². The van der Waals surface area contributed by atoms with Gasteiger partial charge in [-0.3, -0.25) is 14.5 Å². The lowest BCUT2D eigenvalue weighted by molar-refractivity contribution is 0.0947. The number of anilines is 4. The molecular weight excluding hydrogens is 486 g/mol. The van der Waals surface area contributed by atoms with Gasteiger partial charge in [-0.05, 0) is 13.0 Å². The molecule has 2 unspecified atom stereocenters. The van der Waals surface area contributed by atoms with Crippen LogP contribution in [0.1, 0.15) is 20.3 Å². The summed E-state index contributed by atoms with van der Waals surface area (Å²) in [5.41, 5.74) is 3.39. The highest BCUT2D eigenvalue weighted by atomic mass is 16.5. The number of ether oxygens (including phenoxy) is 1. The zero-order valence-electron chi connectivity index (χ0n) is 21.7. The molecule has 204 valence electrons. The van der Waals surface area contributed by atoms with Crippen molar-refractivity contribution in [2.24, 2.45) is 25.9 Å². The number of aryl methyl sites for hydroxylation is 3. The first kappa shape index (κ1) is 24.2. The number of fused-ring (bicyclic) bond motifs is 2. The van der Waals surface area contributed by atoms with E-state index >= 15 is 0 Å². The van der Waals surface area contributed by atoms with Crippen LogP contribution in [0.15, 0.2) is 30.9 Å². The number of carbonyl (C=O) groups is 1. The zero-order valence-corrected chi connectivity index (χ0v) is 21.7. The lowest BCUT2D eigenvalue weighted by atomic mass is 10.0. The Balaban J connectivity index is 0.00000154.